The summed E-state index contributed by atoms with van der Waals surface area (Å²) >= 11 is 0. The van der Waals surface area contributed by atoms with Gasteiger partial charge in [0.25, 0.3) is 11.8 Å². The summed E-state index contributed by atoms with van der Waals surface area (Å²) < 4.78 is 16.3. The van der Waals surface area contributed by atoms with Crippen LogP contribution in [0.2, 0.25) is 0 Å². The van der Waals surface area contributed by atoms with E-state index in [9.17, 15) is 9.59 Å². The number of carbonyl (C=O) groups is 2. The van der Waals surface area contributed by atoms with Crippen LogP contribution in [0.4, 0.5) is 0 Å². The molecule has 0 aliphatic carbocycles. The predicted octanol–water partition coefficient (Wildman–Crippen LogP) is 2.50. The summed E-state index contributed by atoms with van der Waals surface area (Å²) in [6, 6.07) is 13.8. The number of para-hydroxylation sites is 1. The third kappa shape index (κ3) is 5.71. The molecule has 8 nitrogen and oxygen atoms in total. The van der Waals surface area contributed by atoms with E-state index in [1.54, 1.807) is 42.9 Å². The van der Waals surface area contributed by atoms with Crippen molar-refractivity contribution in [2.45, 2.75) is 6.61 Å². The van der Waals surface area contributed by atoms with Crippen LogP contribution in [0.1, 0.15) is 32.0 Å². The van der Waals surface area contributed by atoms with E-state index in [1.165, 1.54) is 0 Å². The van der Waals surface area contributed by atoms with Gasteiger partial charge in [0, 0.05) is 29.2 Å². The molecule has 3 rings (SSSR count). The highest BCUT2D eigenvalue weighted by Crippen LogP contribution is 2.26. The van der Waals surface area contributed by atoms with Gasteiger partial charge in [-0.1, -0.05) is 30.0 Å². The molecule has 160 valence electrons. The molecule has 1 aromatic heterocycles. The second kappa shape index (κ2) is 10.9. The Labute approximate surface area is 179 Å². The Kier molecular flexibility index (Phi) is 7.79. The number of hydrogen-bond acceptors (Lipinski definition) is 6. The molecule has 2 amide bonds. The Morgan fingerprint density at radius 1 is 1.06 bits per heavy atom. The minimum absolute atomic E-state index is 0.110. The highest BCUT2D eigenvalue weighted by atomic mass is 16.5. The van der Waals surface area contributed by atoms with Gasteiger partial charge in [-0.05, 0) is 30.3 Å². The van der Waals surface area contributed by atoms with Crippen LogP contribution >= 0.6 is 0 Å². The number of methoxy groups -OCH3 is 1. The molecule has 0 radical (unpaired) electrons. The van der Waals surface area contributed by atoms with E-state index in [0.29, 0.717) is 35.5 Å². The molecule has 0 spiro atoms. The van der Waals surface area contributed by atoms with Crippen molar-refractivity contribution in [1.29, 1.82) is 0 Å². The van der Waals surface area contributed by atoms with Crippen molar-refractivity contribution in [2.24, 2.45) is 0 Å². The number of amides is 2. The van der Waals surface area contributed by atoms with Crippen LogP contribution in [-0.4, -0.2) is 43.9 Å². The van der Waals surface area contributed by atoms with Crippen LogP contribution in [-0.2, 0) is 16.1 Å². The van der Waals surface area contributed by atoms with E-state index in [2.05, 4.69) is 17.2 Å². The largest absolute Gasteiger partial charge is 0.451 e. The van der Waals surface area contributed by atoms with Crippen LogP contribution in [0, 0.1) is 11.8 Å². The monoisotopic (exact) mass is 422 g/mol. The summed E-state index contributed by atoms with van der Waals surface area (Å²) in [4.78, 5) is 24.0. The molecule has 0 bridgehead atoms. The van der Waals surface area contributed by atoms with Crippen molar-refractivity contribution in [3.63, 3.8) is 0 Å². The molecule has 0 unspecified atom stereocenters. The first kappa shape index (κ1) is 22.1. The summed E-state index contributed by atoms with van der Waals surface area (Å²) in [5.74, 6) is 4.97. The Bertz CT molecular complexity index is 1110. The standard InChI is InChI=1S/C23H22N2O6/c1-29-13-14-30-15-19-18-6-2-3-7-20(18)31-21(19)23(27)24-12-4-5-16-8-10-17(11-9-16)22(26)25-28/h2-3,6-11,28H,12-15H2,1H3,(H,24,27)(H,25,26). The molecule has 0 saturated carbocycles. The molecular formula is C23H22N2O6. The van der Waals surface area contributed by atoms with Gasteiger partial charge in [-0.3, -0.25) is 14.8 Å². The van der Waals surface area contributed by atoms with E-state index < -0.39 is 5.91 Å². The van der Waals surface area contributed by atoms with Gasteiger partial charge in [-0.2, -0.15) is 0 Å². The minimum atomic E-state index is -0.598. The number of benzene rings is 2. The average molecular weight is 422 g/mol. The lowest BCUT2D eigenvalue weighted by Gasteiger charge is -2.05. The van der Waals surface area contributed by atoms with Gasteiger partial charge < -0.3 is 19.2 Å². The fraction of sp³-hybridized carbons (Fsp3) is 0.217. The second-order valence-electron chi connectivity index (χ2n) is 6.45. The first-order chi connectivity index (χ1) is 15.1. The first-order valence-corrected chi connectivity index (χ1v) is 9.52. The first-order valence-electron chi connectivity index (χ1n) is 9.52. The number of rotatable bonds is 8. The Morgan fingerprint density at radius 2 is 1.84 bits per heavy atom. The average Bonchev–Trinajstić information content (AvgIpc) is 3.18. The van der Waals surface area contributed by atoms with Gasteiger partial charge in [0.15, 0.2) is 5.76 Å². The van der Waals surface area contributed by atoms with Crippen molar-refractivity contribution in [3.05, 3.63) is 71.0 Å². The fourth-order valence-electron chi connectivity index (χ4n) is 2.86. The molecule has 3 N–H and O–H groups in total. The SMILES string of the molecule is COCCOCc1c(C(=O)NCC#Cc2ccc(C(=O)NO)cc2)oc2ccccc12. The van der Waals surface area contributed by atoms with Crippen LogP contribution in [0.25, 0.3) is 11.0 Å². The van der Waals surface area contributed by atoms with Crippen molar-refractivity contribution >= 4 is 22.8 Å². The molecule has 0 fully saturated rings. The number of hydroxylamine groups is 1. The van der Waals surface area contributed by atoms with Crippen LogP contribution in [0.3, 0.4) is 0 Å². The zero-order chi connectivity index (χ0) is 22.1. The minimum Gasteiger partial charge on any atom is -0.451 e. The molecule has 1 heterocycles. The second-order valence-corrected chi connectivity index (χ2v) is 6.45. The highest BCUT2D eigenvalue weighted by molar-refractivity contribution is 5.99. The molecule has 0 aliphatic heterocycles. The Morgan fingerprint density at radius 3 is 2.58 bits per heavy atom. The quantitative estimate of drug-likeness (QED) is 0.223. The van der Waals surface area contributed by atoms with E-state index in [-0.39, 0.29) is 24.8 Å². The molecule has 8 heteroatoms. The number of furan rings is 1. The topological polar surface area (TPSA) is 110 Å². The third-order valence-electron chi connectivity index (χ3n) is 4.40. The molecule has 31 heavy (non-hydrogen) atoms. The van der Waals surface area contributed by atoms with E-state index in [4.69, 9.17) is 19.1 Å². The number of ether oxygens (including phenoxy) is 2. The number of fused-ring (bicyclic) bond motifs is 1. The van der Waals surface area contributed by atoms with Crippen molar-refractivity contribution in [2.75, 3.05) is 26.9 Å². The summed E-state index contributed by atoms with van der Waals surface area (Å²) in [7, 11) is 1.59. The Balaban J connectivity index is 1.65. The van der Waals surface area contributed by atoms with Gasteiger partial charge in [-0.25, -0.2) is 5.48 Å². The summed E-state index contributed by atoms with van der Waals surface area (Å²) in [6.45, 7) is 1.20. The molecule has 0 atom stereocenters. The van der Waals surface area contributed by atoms with Gasteiger partial charge >= 0.3 is 0 Å². The van der Waals surface area contributed by atoms with Crippen LogP contribution < -0.4 is 10.8 Å². The van der Waals surface area contributed by atoms with Crippen LogP contribution in [0.5, 0.6) is 0 Å². The zero-order valence-electron chi connectivity index (χ0n) is 16.9. The maximum atomic E-state index is 12.7. The maximum Gasteiger partial charge on any atom is 0.288 e. The maximum absolute atomic E-state index is 12.7. The normalized spacial score (nSPS) is 10.4. The van der Waals surface area contributed by atoms with Crippen molar-refractivity contribution < 1.29 is 28.7 Å². The Hall–Kier alpha value is -3.64. The summed E-state index contributed by atoms with van der Waals surface area (Å²) in [6.07, 6.45) is 0. The highest BCUT2D eigenvalue weighted by Gasteiger charge is 2.20. The molecule has 2 aromatic carbocycles. The molecule has 0 aliphatic rings. The van der Waals surface area contributed by atoms with Gasteiger partial charge in [0.1, 0.15) is 5.58 Å². The molecule has 3 aromatic rings. The van der Waals surface area contributed by atoms with E-state index in [1.807, 2.05) is 18.2 Å². The third-order valence-corrected chi connectivity index (χ3v) is 4.40. The predicted molar refractivity (Wildman–Crippen MR) is 113 cm³/mol. The number of carbonyl (C=O) groups excluding carboxylic acids is 2. The van der Waals surface area contributed by atoms with Crippen LogP contribution in [0.15, 0.2) is 52.9 Å². The van der Waals surface area contributed by atoms with Crippen molar-refractivity contribution in [3.8, 4) is 11.8 Å². The smallest absolute Gasteiger partial charge is 0.288 e. The number of nitrogens with one attached hydrogen (secondary N) is 2. The fourth-order valence-corrected chi connectivity index (χ4v) is 2.86. The van der Waals surface area contributed by atoms with Gasteiger partial charge in [-0.15, -0.1) is 0 Å². The molecule has 0 saturated heterocycles. The number of hydrogen-bond donors (Lipinski definition) is 3. The van der Waals surface area contributed by atoms with E-state index >= 15 is 0 Å². The van der Waals surface area contributed by atoms with E-state index in [0.717, 1.165) is 5.39 Å². The lowest BCUT2D eigenvalue weighted by atomic mass is 10.1. The lowest BCUT2D eigenvalue weighted by molar-refractivity contribution is 0.0609. The summed E-state index contributed by atoms with van der Waals surface area (Å²) in [5, 5.41) is 12.2. The van der Waals surface area contributed by atoms with Gasteiger partial charge in [0.05, 0.1) is 26.4 Å². The van der Waals surface area contributed by atoms with Gasteiger partial charge in [0.2, 0.25) is 0 Å². The van der Waals surface area contributed by atoms with Crippen molar-refractivity contribution in [1.82, 2.24) is 10.8 Å². The lowest BCUT2D eigenvalue weighted by Crippen LogP contribution is -2.24. The zero-order valence-corrected chi connectivity index (χ0v) is 16.9. The summed E-state index contributed by atoms with van der Waals surface area (Å²) in [5.41, 5.74) is 3.83. The molecular weight excluding hydrogens is 400 g/mol.